The maximum absolute atomic E-state index is 13.3. The first kappa shape index (κ1) is 11.1. The minimum atomic E-state index is -0.331. The molecule has 2 aromatic rings. The van der Waals surface area contributed by atoms with E-state index < -0.39 is 0 Å². The van der Waals surface area contributed by atoms with Crippen molar-refractivity contribution in [2.24, 2.45) is 5.73 Å². The molecule has 0 amide bonds. The summed E-state index contributed by atoms with van der Waals surface area (Å²) in [6.45, 7) is 2.08. The molecule has 0 aliphatic carbocycles. The number of rotatable bonds is 2. The van der Waals surface area contributed by atoms with Crippen LogP contribution in [0.3, 0.4) is 0 Å². The van der Waals surface area contributed by atoms with Crippen LogP contribution >= 0.6 is 11.6 Å². The lowest BCUT2D eigenvalue weighted by atomic mass is 10.2. The third kappa shape index (κ3) is 2.08. The molecule has 2 N–H and O–H groups in total. The molecule has 1 aromatic carbocycles. The van der Waals surface area contributed by atoms with Crippen LogP contribution < -0.4 is 5.73 Å². The van der Waals surface area contributed by atoms with Crippen LogP contribution in [0.15, 0.2) is 24.4 Å². The van der Waals surface area contributed by atoms with E-state index in [1.54, 1.807) is 23.9 Å². The van der Waals surface area contributed by atoms with E-state index in [4.69, 9.17) is 17.3 Å². The average molecular weight is 240 g/mol. The number of hydrogen-bond donors (Lipinski definition) is 1. The Bertz CT molecular complexity index is 502. The number of halogens is 2. The highest BCUT2D eigenvalue weighted by Crippen LogP contribution is 2.18. The minimum absolute atomic E-state index is 0.290. The summed E-state index contributed by atoms with van der Waals surface area (Å²) in [6, 6.07) is 4.58. The second-order valence-electron chi connectivity index (χ2n) is 3.53. The molecule has 0 spiro atoms. The lowest BCUT2D eigenvalue weighted by Gasteiger charge is -2.04. The van der Waals surface area contributed by atoms with E-state index in [1.165, 1.54) is 12.1 Å². The van der Waals surface area contributed by atoms with Gasteiger partial charge in [-0.3, -0.25) is 0 Å². The van der Waals surface area contributed by atoms with Gasteiger partial charge in [0.05, 0.1) is 16.4 Å². The molecular formula is C11H11ClFN3. The van der Waals surface area contributed by atoms with Gasteiger partial charge < -0.3 is 5.73 Å². The van der Waals surface area contributed by atoms with Gasteiger partial charge in [0, 0.05) is 12.7 Å². The van der Waals surface area contributed by atoms with Crippen molar-refractivity contribution in [2.45, 2.75) is 13.5 Å². The fourth-order valence-corrected chi connectivity index (χ4v) is 1.58. The number of benzene rings is 1. The summed E-state index contributed by atoms with van der Waals surface area (Å²) in [4.78, 5) is 0. The summed E-state index contributed by atoms with van der Waals surface area (Å²) in [5.74, 6) is -0.331. The number of aromatic nitrogens is 2. The van der Waals surface area contributed by atoms with Gasteiger partial charge in [0.2, 0.25) is 0 Å². The molecule has 5 heteroatoms. The number of aryl methyl sites for hydroxylation is 1. The van der Waals surface area contributed by atoms with Crippen molar-refractivity contribution in [3.05, 3.63) is 46.5 Å². The first-order chi connectivity index (χ1) is 7.60. The van der Waals surface area contributed by atoms with Gasteiger partial charge in [0.1, 0.15) is 5.82 Å². The second-order valence-corrected chi connectivity index (χ2v) is 3.94. The van der Waals surface area contributed by atoms with Crippen molar-refractivity contribution in [3.8, 4) is 5.69 Å². The highest BCUT2D eigenvalue weighted by atomic mass is 35.5. The Morgan fingerprint density at radius 1 is 1.44 bits per heavy atom. The highest BCUT2D eigenvalue weighted by Gasteiger charge is 2.06. The lowest BCUT2D eigenvalue weighted by Crippen LogP contribution is -2.01. The molecule has 84 valence electrons. The molecule has 0 atom stereocenters. The fraction of sp³-hybridized carbons (Fsp3) is 0.182. The van der Waals surface area contributed by atoms with Gasteiger partial charge in [-0.25, -0.2) is 9.07 Å². The molecule has 0 fully saturated rings. The summed E-state index contributed by atoms with van der Waals surface area (Å²) >= 11 is 5.89. The molecule has 0 unspecified atom stereocenters. The van der Waals surface area contributed by atoms with Gasteiger partial charge in [-0.05, 0) is 30.7 Å². The SMILES string of the molecule is Cc1nn(-c2cc(F)cc(CN)c2)cc1Cl. The van der Waals surface area contributed by atoms with E-state index in [2.05, 4.69) is 5.10 Å². The molecule has 0 saturated carbocycles. The molecule has 3 nitrogen and oxygen atoms in total. The first-order valence-corrected chi connectivity index (χ1v) is 5.19. The van der Waals surface area contributed by atoms with E-state index in [0.29, 0.717) is 22.9 Å². The van der Waals surface area contributed by atoms with Crippen molar-refractivity contribution >= 4 is 11.6 Å². The van der Waals surface area contributed by atoms with Crippen molar-refractivity contribution in [3.63, 3.8) is 0 Å². The molecular weight excluding hydrogens is 229 g/mol. The summed E-state index contributed by atoms with van der Waals surface area (Å²) in [7, 11) is 0. The van der Waals surface area contributed by atoms with Crippen LogP contribution in [0.4, 0.5) is 4.39 Å². The van der Waals surface area contributed by atoms with Gasteiger partial charge in [-0.2, -0.15) is 5.10 Å². The summed E-state index contributed by atoms with van der Waals surface area (Å²) in [6.07, 6.45) is 1.64. The van der Waals surface area contributed by atoms with E-state index >= 15 is 0 Å². The minimum Gasteiger partial charge on any atom is -0.326 e. The molecule has 0 bridgehead atoms. The first-order valence-electron chi connectivity index (χ1n) is 4.82. The monoisotopic (exact) mass is 239 g/mol. The number of nitrogens with two attached hydrogens (primary N) is 1. The second kappa shape index (κ2) is 4.23. The van der Waals surface area contributed by atoms with Crippen molar-refractivity contribution in [1.82, 2.24) is 9.78 Å². The molecule has 2 rings (SSSR count). The van der Waals surface area contributed by atoms with Crippen LogP contribution in [0.2, 0.25) is 5.02 Å². The largest absolute Gasteiger partial charge is 0.326 e. The standard InChI is InChI=1S/C11H11ClFN3/c1-7-11(12)6-16(15-7)10-3-8(5-14)2-9(13)4-10/h2-4,6H,5,14H2,1H3. The van der Waals surface area contributed by atoms with Crippen molar-refractivity contribution in [1.29, 1.82) is 0 Å². The Labute approximate surface area is 97.6 Å². The molecule has 1 aromatic heterocycles. The van der Waals surface area contributed by atoms with Crippen LogP contribution in [0.25, 0.3) is 5.69 Å². The molecule has 0 radical (unpaired) electrons. The van der Waals surface area contributed by atoms with Crippen LogP contribution in [0.1, 0.15) is 11.3 Å². The van der Waals surface area contributed by atoms with Crippen LogP contribution in [-0.4, -0.2) is 9.78 Å². The smallest absolute Gasteiger partial charge is 0.125 e. The third-order valence-corrected chi connectivity index (χ3v) is 2.65. The zero-order valence-electron chi connectivity index (χ0n) is 8.74. The van der Waals surface area contributed by atoms with Gasteiger partial charge >= 0.3 is 0 Å². The maximum atomic E-state index is 13.3. The third-order valence-electron chi connectivity index (χ3n) is 2.28. The predicted octanol–water partition coefficient (Wildman–Crippen LogP) is 2.43. The average Bonchev–Trinajstić information content (AvgIpc) is 2.58. The fourth-order valence-electron chi connectivity index (χ4n) is 1.45. The Kier molecular flexibility index (Phi) is 2.94. The molecule has 1 heterocycles. The predicted molar refractivity (Wildman–Crippen MR) is 61.2 cm³/mol. The highest BCUT2D eigenvalue weighted by molar-refractivity contribution is 6.31. The molecule has 16 heavy (non-hydrogen) atoms. The molecule has 0 aliphatic rings. The van der Waals surface area contributed by atoms with E-state index in [9.17, 15) is 4.39 Å². The van der Waals surface area contributed by atoms with Crippen LogP contribution in [0.5, 0.6) is 0 Å². The number of nitrogens with zero attached hydrogens (tertiary/aromatic N) is 2. The van der Waals surface area contributed by atoms with Gasteiger partial charge in [0.25, 0.3) is 0 Å². The summed E-state index contributed by atoms with van der Waals surface area (Å²) in [5.41, 5.74) is 7.53. The van der Waals surface area contributed by atoms with Crippen molar-refractivity contribution in [2.75, 3.05) is 0 Å². The zero-order valence-corrected chi connectivity index (χ0v) is 9.50. The van der Waals surface area contributed by atoms with E-state index in [1.807, 2.05) is 0 Å². The van der Waals surface area contributed by atoms with Gasteiger partial charge in [0.15, 0.2) is 0 Å². The maximum Gasteiger partial charge on any atom is 0.125 e. The Morgan fingerprint density at radius 2 is 2.19 bits per heavy atom. The Morgan fingerprint density at radius 3 is 2.75 bits per heavy atom. The topological polar surface area (TPSA) is 43.8 Å². The lowest BCUT2D eigenvalue weighted by molar-refractivity contribution is 0.622. The van der Waals surface area contributed by atoms with E-state index in [0.717, 1.165) is 5.56 Å². The van der Waals surface area contributed by atoms with Crippen LogP contribution in [-0.2, 0) is 6.54 Å². The zero-order chi connectivity index (χ0) is 11.7. The number of hydrogen-bond acceptors (Lipinski definition) is 2. The normalized spacial score (nSPS) is 10.8. The Hall–Kier alpha value is -1.39. The Balaban J connectivity index is 2.50. The van der Waals surface area contributed by atoms with Gasteiger partial charge in [-0.15, -0.1) is 0 Å². The molecule has 0 aliphatic heterocycles. The quantitative estimate of drug-likeness (QED) is 0.875. The van der Waals surface area contributed by atoms with Crippen LogP contribution in [0, 0.1) is 12.7 Å². The molecule has 0 saturated heterocycles. The van der Waals surface area contributed by atoms with Crippen molar-refractivity contribution < 1.29 is 4.39 Å². The summed E-state index contributed by atoms with van der Waals surface area (Å²) in [5, 5.41) is 4.73. The van der Waals surface area contributed by atoms with E-state index in [-0.39, 0.29) is 5.82 Å². The van der Waals surface area contributed by atoms with Gasteiger partial charge in [-0.1, -0.05) is 11.6 Å². The summed E-state index contributed by atoms with van der Waals surface area (Å²) < 4.78 is 14.8.